The number of methoxy groups -OCH3 is 1. The molecule has 0 bridgehead atoms. The van der Waals surface area contributed by atoms with Gasteiger partial charge in [0, 0.05) is 11.6 Å². The summed E-state index contributed by atoms with van der Waals surface area (Å²) in [7, 11) is 1.66. The molecule has 1 aromatic carbocycles. The van der Waals surface area contributed by atoms with Gasteiger partial charge in [0.25, 0.3) is 0 Å². The van der Waals surface area contributed by atoms with Gasteiger partial charge >= 0.3 is 0 Å². The molecule has 4 heteroatoms. The summed E-state index contributed by atoms with van der Waals surface area (Å²) in [6.45, 7) is 0.957. The Morgan fingerprint density at radius 2 is 2.15 bits per heavy atom. The van der Waals surface area contributed by atoms with Crippen molar-refractivity contribution >= 4 is 15.9 Å². The summed E-state index contributed by atoms with van der Waals surface area (Å²) in [5.41, 5.74) is 2.12. The van der Waals surface area contributed by atoms with Crippen LogP contribution in [-0.4, -0.2) is 7.11 Å². The van der Waals surface area contributed by atoms with E-state index in [2.05, 4.69) is 20.8 Å². The standard InChI is InChI=1S/C9H12BrNO2/c1-12-5-7-3-2-4-9(10)8(7)6-13-11/h2-4H,5-6,11H2,1H3. The van der Waals surface area contributed by atoms with E-state index in [-0.39, 0.29) is 0 Å². The zero-order valence-corrected chi connectivity index (χ0v) is 9.00. The lowest BCUT2D eigenvalue weighted by Crippen LogP contribution is -2.03. The van der Waals surface area contributed by atoms with E-state index in [0.717, 1.165) is 15.6 Å². The molecule has 0 saturated heterocycles. The lowest BCUT2D eigenvalue weighted by atomic mass is 10.1. The first-order chi connectivity index (χ1) is 6.29. The zero-order chi connectivity index (χ0) is 9.68. The molecular weight excluding hydrogens is 234 g/mol. The molecule has 0 aliphatic carbocycles. The molecule has 1 aromatic rings. The number of hydrogen-bond donors (Lipinski definition) is 1. The summed E-state index contributed by atoms with van der Waals surface area (Å²) in [6.07, 6.45) is 0. The molecule has 13 heavy (non-hydrogen) atoms. The minimum absolute atomic E-state index is 0.389. The van der Waals surface area contributed by atoms with Gasteiger partial charge in [0.05, 0.1) is 13.2 Å². The van der Waals surface area contributed by atoms with Gasteiger partial charge in [0.1, 0.15) is 0 Å². The van der Waals surface area contributed by atoms with Gasteiger partial charge in [-0.1, -0.05) is 28.1 Å². The smallest absolute Gasteiger partial charge is 0.0944 e. The highest BCUT2D eigenvalue weighted by Gasteiger charge is 2.05. The Morgan fingerprint density at radius 1 is 1.38 bits per heavy atom. The maximum absolute atomic E-state index is 5.05. The second-order valence-corrected chi connectivity index (χ2v) is 3.48. The van der Waals surface area contributed by atoms with Crippen molar-refractivity contribution in [2.75, 3.05) is 7.11 Å². The average Bonchev–Trinajstić information content (AvgIpc) is 2.11. The summed E-state index contributed by atoms with van der Waals surface area (Å²) in [5.74, 6) is 5.03. The molecule has 1 rings (SSSR count). The second kappa shape index (κ2) is 5.34. The van der Waals surface area contributed by atoms with Crippen molar-refractivity contribution in [3.8, 4) is 0 Å². The van der Waals surface area contributed by atoms with Crippen molar-refractivity contribution in [2.24, 2.45) is 5.90 Å². The Labute approximate surface area is 85.9 Å². The first-order valence-corrected chi connectivity index (χ1v) is 4.65. The highest BCUT2D eigenvalue weighted by atomic mass is 79.9. The second-order valence-electron chi connectivity index (χ2n) is 2.62. The molecule has 0 aliphatic heterocycles. The monoisotopic (exact) mass is 245 g/mol. The van der Waals surface area contributed by atoms with E-state index >= 15 is 0 Å². The van der Waals surface area contributed by atoms with Crippen LogP contribution in [0.5, 0.6) is 0 Å². The van der Waals surface area contributed by atoms with Crippen molar-refractivity contribution < 1.29 is 9.57 Å². The highest BCUT2D eigenvalue weighted by Crippen LogP contribution is 2.21. The van der Waals surface area contributed by atoms with Gasteiger partial charge in [-0.3, -0.25) is 4.84 Å². The van der Waals surface area contributed by atoms with E-state index in [0.29, 0.717) is 13.2 Å². The van der Waals surface area contributed by atoms with Gasteiger partial charge in [-0.15, -0.1) is 0 Å². The lowest BCUT2D eigenvalue weighted by Gasteiger charge is -2.09. The fraction of sp³-hybridized carbons (Fsp3) is 0.333. The molecule has 2 N–H and O–H groups in total. The molecule has 0 unspecified atom stereocenters. The Hall–Kier alpha value is -0.420. The topological polar surface area (TPSA) is 44.5 Å². The van der Waals surface area contributed by atoms with Gasteiger partial charge in [0.2, 0.25) is 0 Å². The summed E-state index contributed by atoms with van der Waals surface area (Å²) in [4.78, 5) is 4.61. The normalized spacial score (nSPS) is 10.4. The molecule has 0 atom stereocenters. The summed E-state index contributed by atoms with van der Waals surface area (Å²) < 4.78 is 6.05. The molecule has 0 aliphatic rings. The average molecular weight is 246 g/mol. The maximum atomic E-state index is 5.05. The number of nitrogens with two attached hydrogens (primary N) is 1. The molecule has 0 amide bonds. The van der Waals surface area contributed by atoms with E-state index in [1.165, 1.54) is 0 Å². The third-order valence-corrected chi connectivity index (χ3v) is 2.49. The van der Waals surface area contributed by atoms with Crippen LogP contribution in [0.15, 0.2) is 22.7 Å². The highest BCUT2D eigenvalue weighted by molar-refractivity contribution is 9.10. The van der Waals surface area contributed by atoms with Crippen molar-refractivity contribution in [3.05, 3.63) is 33.8 Å². The quantitative estimate of drug-likeness (QED) is 0.826. The van der Waals surface area contributed by atoms with Crippen molar-refractivity contribution in [2.45, 2.75) is 13.2 Å². The molecule has 0 spiro atoms. The largest absolute Gasteiger partial charge is 0.380 e. The fourth-order valence-corrected chi connectivity index (χ4v) is 1.66. The van der Waals surface area contributed by atoms with Crippen LogP contribution in [0.4, 0.5) is 0 Å². The zero-order valence-electron chi connectivity index (χ0n) is 7.42. The molecular formula is C9H12BrNO2. The summed E-state index contributed by atoms with van der Waals surface area (Å²) in [6, 6.07) is 5.90. The van der Waals surface area contributed by atoms with Gasteiger partial charge in [-0.25, -0.2) is 5.90 Å². The molecule has 0 saturated carbocycles. The summed E-state index contributed by atoms with van der Waals surface area (Å²) in [5, 5.41) is 0. The Morgan fingerprint density at radius 3 is 2.77 bits per heavy atom. The van der Waals surface area contributed by atoms with Gasteiger partial charge in [-0.2, -0.15) is 0 Å². The fourth-order valence-electron chi connectivity index (χ4n) is 1.14. The minimum atomic E-state index is 0.389. The maximum Gasteiger partial charge on any atom is 0.0944 e. The molecule has 0 aromatic heterocycles. The first-order valence-electron chi connectivity index (χ1n) is 3.86. The Balaban J connectivity index is 2.95. The van der Waals surface area contributed by atoms with Gasteiger partial charge < -0.3 is 4.74 Å². The predicted molar refractivity (Wildman–Crippen MR) is 53.8 cm³/mol. The number of rotatable bonds is 4. The SMILES string of the molecule is COCc1cccc(Br)c1CON. The third-order valence-electron chi connectivity index (χ3n) is 1.74. The van der Waals surface area contributed by atoms with E-state index in [1.807, 2.05) is 18.2 Å². The van der Waals surface area contributed by atoms with Crippen molar-refractivity contribution in [3.63, 3.8) is 0 Å². The van der Waals surface area contributed by atoms with Crippen LogP contribution in [-0.2, 0) is 22.8 Å². The first kappa shape index (κ1) is 10.7. The van der Waals surface area contributed by atoms with E-state index in [1.54, 1.807) is 7.11 Å². The Kier molecular flexibility index (Phi) is 4.38. The Bertz CT molecular complexity index is 278. The molecule has 0 heterocycles. The molecule has 3 nitrogen and oxygen atoms in total. The van der Waals surface area contributed by atoms with Crippen LogP contribution in [0.2, 0.25) is 0 Å². The van der Waals surface area contributed by atoms with Crippen LogP contribution >= 0.6 is 15.9 Å². The molecule has 0 fully saturated rings. The van der Waals surface area contributed by atoms with Crippen LogP contribution in [0, 0.1) is 0 Å². The van der Waals surface area contributed by atoms with E-state index < -0.39 is 0 Å². The van der Waals surface area contributed by atoms with Crippen molar-refractivity contribution in [1.82, 2.24) is 0 Å². The van der Waals surface area contributed by atoms with Crippen LogP contribution in [0.3, 0.4) is 0 Å². The number of benzene rings is 1. The third kappa shape index (κ3) is 2.77. The number of hydrogen-bond acceptors (Lipinski definition) is 3. The molecule has 72 valence electrons. The molecule has 0 radical (unpaired) electrons. The minimum Gasteiger partial charge on any atom is -0.380 e. The predicted octanol–water partition coefficient (Wildman–Crippen LogP) is 1.99. The van der Waals surface area contributed by atoms with Crippen LogP contribution < -0.4 is 5.90 Å². The van der Waals surface area contributed by atoms with Gasteiger partial charge in [-0.05, 0) is 17.2 Å². The summed E-state index contributed by atoms with van der Waals surface area (Å²) >= 11 is 3.43. The number of ether oxygens (including phenoxy) is 1. The van der Waals surface area contributed by atoms with E-state index in [4.69, 9.17) is 10.6 Å². The van der Waals surface area contributed by atoms with Crippen LogP contribution in [0.1, 0.15) is 11.1 Å². The van der Waals surface area contributed by atoms with E-state index in [9.17, 15) is 0 Å². The number of halogens is 1. The van der Waals surface area contributed by atoms with Crippen molar-refractivity contribution in [1.29, 1.82) is 0 Å². The van der Waals surface area contributed by atoms with Gasteiger partial charge in [0.15, 0.2) is 0 Å². The lowest BCUT2D eigenvalue weighted by molar-refractivity contribution is 0.120. The van der Waals surface area contributed by atoms with Crippen LogP contribution in [0.25, 0.3) is 0 Å².